The Bertz CT molecular complexity index is 1500. The highest BCUT2D eigenvalue weighted by atomic mass is 19.4. The quantitative estimate of drug-likeness (QED) is 0.407. The number of H-pyrrole nitrogens is 1. The van der Waals surface area contributed by atoms with E-state index < -0.39 is 18.6 Å². The van der Waals surface area contributed by atoms with Crippen molar-refractivity contribution in [3.8, 4) is 0 Å². The summed E-state index contributed by atoms with van der Waals surface area (Å²) in [5.41, 5.74) is 1.52. The normalized spacial score (nSPS) is 15.2. The number of alkyl halides is 3. The molecule has 0 radical (unpaired) electrons. The fraction of sp³-hybridized carbons (Fsp3) is 0.458. The number of carbonyl (C=O) groups excluding carboxylic acids is 1. The maximum Gasteiger partial charge on any atom is 0.406 e. The summed E-state index contributed by atoms with van der Waals surface area (Å²) in [4.78, 5) is 42.8. The van der Waals surface area contributed by atoms with Crippen LogP contribution in [-0.2, 0) is 6.54 Å². The molecule has 1 aliphatic rings. The molecule has 196 valence electrons. The summed E-state index contributed by atoms with van der Waals surface area (Å²) in [7, 11) is 0. The minimum Gasteiger partial charge on any atom is -0.355 e. The zero-order valence-corrected chi connectivity index (χ0v) is 20.4. The van der Waals surface area contributed by atoms with E-state index in [1.165, 1.54) is 6.33 Å². The Kier molecular flexibility index (Phi) is 6.38. The first-order chi connectivity index (χ1) is 17.6. The standard InChI is InChI=1S/C24H27F3N8O2/c1-14(2)11-28-22(36)21-32-18-19(29-13-30-20(18)34(21)12-24(25,26)27)33-9-7-15(8-10-33)35-17-6-4-3-5-16(17)31-23(35)37/h3-6,13-15H,7-12H2,1-2H3,(H,28,36)(H,31,37). The van der Waals surface area contributed by atoms with Crippen LogP contribution in [0.4, 0.5) is 19.0 Å². The van der Waals surface area contributed by atoms with E-state index >= 15 is 0 Å². The molecule has 0 atom stereocenters. The maximum atomic E-state index is 13.4. The Morgan fingerprint density at radius 1 is 1.19 bits per heavy atom. The largest absolute Gasteiger partial charge is 0.406 e. The molecule has 0 saturated carbocycles. The predicted octanol–water partition coefficient (Wildman–Crippen LogP) is 3.26. The molecule has 5 rings (SSSR count). The number of halogens is 3. The van der Waals surface area contributed by atoms with Crippen LogP contribution in [0.2, 0.25) is 0 Å². The van der Waals surface area contributed by atoms with E-state index in [0.29, 0.717) is 38.3 Å². The van der Waals surface area contributed by atoms with E-state index in [-0.39, 0.29) is 34.6 Å². The summed E-state index contributed by atoms with van der Waals surface area (Å²) in [6.07, 6.45) is -2.13. The monoisotopic (exact) mass is 516 g/mol. The summed E-state index contributed by atoms with van der Waals surface area (Å²) >= 11 is 0. The number of imidazole rings is 2. The molecular weight excluding hydrogens is 489 g/mol. The third-order valence-electron chi connectivity index (χ3n) is 6.48. The molecule has 13 heteroatoms. The van der Waals surface area contributed by atoms with Crippen molar-refractivity contribution in [3.05, 3.63) is 46.9 Å². The smallest absolute Gasteiger partial charge is 0.355 e. The van der Waals surface area contributed by atoms with Crippen LogP contribution in [0.1, 0.15) is 43.3 Å². The van der Waals surface area contributed by atoms with E-state index in [4.69, 9.17) is 0 Å². The Morgan fingerprint density at radius 2 is 1.92 bits per heavy atom. The number of aromatic nitrogens is 6. The lowest BCUT2D eigenvalue weighted by Crippen LogP contribution is -2.37. The number of nitrogens with zero attached hydrogens (tertiary/aromatic N) is 6. The minimum atomic E-state index is -4.57. The third-order valence-corrected chi connectivity index (χ3v) is 6.48. The minimum absolute atomic E-state index is 0.0441. The Balaban J connectivity index is 1.45. The van der Waals surface area contributed by atoms with Crippen LogP contribution in [0, 0.1) is 5.92 Å². The number of carbonyl (C=O) groups is 1. The number of aromatic amines is 1. The molecule has 4 heterocycles. The fourth-order valence-corrected chi connectivity index (χ4v) is 4.81. The molecule has 3 aromatic heterocycles. The summed E-state index contributed by atoms with van der Waals surface area (Å²) in [6, 6.07) is 7.45. The van der Waals surface area contributed by atoms with Gasteiger partial charge in [0.2, 0.25) is 5.82 Å². The zero-order chi connectivity index (χ0) is 26.3. The second kappa shape index (κ2) is 9.52. The Hall–Kier alpha value is -3.90. The summed E-state index contributed by atoms with van der Waals surface area (Å²) < 4.78 is 42.8. The van der Waals surface area contributed by atoms with Crippen molar-refractivity contribution in [1.82, 2.24) is 34.4 Å². The van der Waals surface area contributed by atoms with E-state index in [0.717, 1.165) is 15.6 Å². The van der Waals surface area contributed by atoms with Crippen LogP contribution in [0.5, 0.6) is 0 Å². The first kappa shape index (κ1) is 24.8. The maximum absolute atomic E-state index is 13.4. The SMILES string of the molecule is CC(C)CNC(=O)c1nc2c(N3CCC(n4c(=O)[nH]c5ccccc54)CC3)ncnc2n1CC(F)(F)F. The molecule has 1 saturated heterocycles. The van der Waals surface area contributed by atoms with E-state index in [2.05, 4.69) is 25.3 Å². The van der Waals surface area contributed by atoms with Gasteiger partial charge in [0.1, 0.15) is 12.9 Å². The van der Waals surface area contributed by atoms with Gasteiger partial charge >= 0.3 is 11.9 Å². The number of anilines is 1. The average molecular weight is 517 g/mol. The van der Waals surface area contributed by atoms with Gasteiger partial charge in [-0.15, -0.1) is 0 Å². The number of hydrogen-bond donors (Lipinski definition) is 2. The van der Waals surface area contributed by atoms with E-state index in [9.17, 15) is 22.8 Å². The van der Waals surface area contributed by atoms with Crippen LogP contribution in [0.3, 0.4) is 0 Å². The van der Waals surface area contributed by atoms with Crippen LogP contribution in [0.25, 0.3) is 22.2 Å². The molecular formula is C24H27F3N8O2. The number of nitrogens with one attached hydrogen (secondary N) is 2. The summed E-state index contributed by atoms with van der Waals surface area (Å²) in [5, 5.41) is 2.64. The first-order valence-corrected chi connectivity index (χ1v) is 12.1. The molecule has 1 aliphatic heterocycles. The van der Waals surface area contributed by atoms with Gasteiger partial charge in [0, 0.05) is 25.7 Å². The number of para-hydroxylation sites is 2. The van der Waals surface area contributed by atoms with Gasteiger partial charge in [0.25, 0.3) is 5.91 Å². The van der Waals surface area contributed by atoms with Crippen molar-refractivity contribution in [2.45, 2.75) is 45.5 Å². The summed E-state index contributed by atoms with van der Waals surface area (Å²) in [5.74, 6) is -0.562. The van der Waals surface area contributed by atoms with Crippen LogP contribution in [0.15, 0.2) is 35.4 Å². The second-order valence-electron chi connectivity index (χ2n) is 9.65. The topological polar surface area (TPSA) is 114 Å². The van der Waals surface area contributed by atoms with E-state index in [1.54, 1.807) is 4.57 Å². The number of piperidine rings is 1. The lowest BCUT2D eigenvalue weighted by molar-refractivity contribution is -0.140. The van der Waals surface area contributed by atoms with Crippen molar-refractivity contribution in [1.29, 1.82) is 0 Å². The van der Waals surface area contributed by atoms with Gasteiger partial charge in [0.05, 0.1) is 11.0 Å². The van der Waals surface area contributed by atoms with Crippen molar-refractivity contribution < 1.29 is 18.0 Å². The number of benzene rings is 1. The van der Waals surface area contributed by atoms with E-state index in [1.807, 2.05) is 43.0 Å². The van der Waals surface area contributed by atoms with Crippen LogP contribution < -0.4 is 15.9 Å². The molecule has 37 heavy (non-hydrogen) atoms. The molecule has 1 amide bonds. The molecule has 2 N–H and O–H groups in total. The number of amides is 1. The molecule has 0 unspecified atom stereocenters. The van der Waals surface area contributed by atoms with Gasteiger partial charge < -0.3 is 15.2 Å². The number of hydrogen-bond acceptors (Lipinski definition) is 6. The highest BCUT2D eigenvalue weighted by Crippen LogP contribution is 2.31. The molecule has 4 aromatic rings. The van der Waals surface area contributed by atoms with Crippen molar-refractivity contribution in [3.63, 3.8) is 0 Å². The van der Waals surface area contributed by atoms with Gasteiger partial charge in [-0.1, -0.05) is 26.0 Å². The Labute approximate surface area is 209 Å². The molecule has 1 aromatic carbocycles. The molecule has 1 fully saturated rings. The first-order valence-electron chi connectivity index (χ1n) is 12.1. The molecule has 0 spiro atoms. The lowest BCUT2D eigenvalue weighted by Gasteiger charge is -2.33. The predicted molar refractivity (Wildman–Crippen MR) is 132 cm³/mol. The van der Waals surface area contributed by atoms with Crippen molar-refractivity contribution in [2.24, 2.45) is 5.92 Å². The van der Waals surface area contributed by atoms with Gasteiger partial charge in [-0.25, -0.2) is 19.7 Å². The van der Waals surface area contributed by atoms with Crippen molar-refractivity contribution >= 4 is 33.9 Å². The highest BCUT2D eigenvalue weighted by Gasteiger charge is 2.34. The van der Waals surface area contributed by atoms with Crippen molar-refractivity contribution in [2.75, 3.05) is 24.5 Å². The van der Waals surface area contributed by atoms with Gasteiger partial charge in [0.15, 0.2) is 17.0 Å². The van der Waals surface area contributed by atoms with Crippen LogP contribution >= 0.6 is 0 Å². The highest BCUT2D eigenvalue weighted by molar-refractivity contribution is 5.96. The van der Waals surface area contributed by atoms with Gasteiger partial charge in [-0.05, 0) is 30.9 Å². The van der Waals surface area contributed by atoms with Gasteiger partial charge in [-0.2, -0.15) is 13.2 Å². The third kappa shape index (κ3) is 4.89. The summed E-state index contributed by atoms with van der Waals surface area (Å²) in [6.45, 7) is 3.68. The average Bonchev–Trinajstić information content (AvgIpc) is 3.38. The fourth-order valence-electron chi connectivity index (χ4n) is 4.81. The Morgan fingerprint density at radius 3 is 2.62 bits per heavy atom. The molecule has 10 nitrogen and oxygen atoms in total. The number of fused-ring (bicyclic) bond motifs is 2. The lowest BCUT2D eigenvalue weighted by atomic mass is 10.0. The van der Waals surface area contributed by atoms with Gasteiger partial charge in [-0.3, -0.25) is 13.9 Å². The second-order valence-corrected chi connectivity index (χ2v) is 9.65. The molecule has 0 bridgehead atoms. The molecule has 0 aliphatic carbocycles. The zero-order valence-electron chi connectivity index (χ0n) is 20.4. The van der Waals surface area contributed by atoms with Crippen LogP contribution in [-0.4, -0.2) is 60.8 Å². The number of rotatable bonds is 6.